The van der Waals surface area contributed by atoms with Crippen LogP contribution in [0.25, 0.3) is 5.69 Å². The second-order valence-electron chi connectivity index (χ2n) is 3.30. The lowest BCUT2D eigenvalue weighted by Gasteiger charge is -2.11. The van der Waals surface area contributed by atoms with Crippen LogP contribution in [0.15, 0.2) is 24.3 Å². The molecule has 84 valence electrons. The van der Waals surface area contributed by atoms with Crippen molar-refractivity contribution in [2.75, 3.05) is 7.11 Å². The average Bonchev–Trinajstić information content (AvgIpc) is 2.70. The Morgan fingerprint density at radius 2 is 2.06 bits per heavy atom. The molecule has 2 aromatic rings. The number of halogens is 1. The largest absolute Gasteiger partial charge is 0.495 e. The van der Waals surface area contributed by atoms with Gasteiger partial charge in [-0.3, -0.25) is 4.57 Å². The first kappa shape index (κ1) is 11.0. The van der Waals surface area contributed by atoms with Crippen LogP contribution in [0.2, 0.25) is 0 Å². The van der Waals surface area contributed by atoms with Gasteiger partial charge < -0.3 is 4.74 Å². The maximum atomic E-state index is 5.83. The zero-order chi connectivity index (χ0) is 11.5. The van der Waals surface area contributed by atoms with Gasteiger partial charge in [0.15, 0.2) is 5.82 Å². The molecule has 0 fully saturated rings. The van der Waals surface area contributed by atoms with Crippen LogP contribution < -0.4 is 4.74 Å². The summed E-state index contributed by atoms with van der Waals surface area (Å²) < 4.78 is 7.20. The first-order chi connectivity index (χ1) is 7.77. The second-order valence-corrected chi connectivity index (χ2v) is 3.57. The van der Waals surface area contributed by atoms with Crippen LogP contribution >= 0.6 is 11.6 Å². The number of ether oxygens (including phenoxy) is 1. The highest BCUT2D eigenvalue weighted by molar-refractivity contribution is 6.16. The van der Waals surface area contributed by atoms with E-state index in [2.05, 4.69) is 10.2 Å². The normalized spacial score (nSPS) is 10.4. The molecular weight excluding hydrogens is 226 g/mol. The van der Waals surface area contributed by atoms with E-state index in [1.54, 1.807) is 7.11 Å². The summed E-state index contributed by atoms with van der Waals surface area (Å²) >= 11 is 5.83. The van der Waals surface area contributed by atoms with E-state index in [-0.39, 0.29) is 0 Å². The third-order valence-electron chi connectivity index (χ3n) is 2.34. The van der Waals surface area contributed by atoms with Gasteiger partial charge in [-0.05, 0) is 19.1 Å². The Hall–Kier alpha value is -1.55. The summed E-state index contributed by atoms with van der Waals surface area (Å²) in [5, 5.41) is 8.02. The van der Waals surface area contributed by atoms with E-state index in [4.69, 9.17) is 16.3 Å². The van der Waals surface area contributed by atoms with Crippen molar-refractivity contribution in [2.24, 2.45) is 0 Å². The van der Waals surface area contributed by atoms with Gasteiger partial charge >= 0.3 is 0 Å². The highest BCUT2D eigenvalue weighted by atomic mass is 35.5. The van der Waals surface area contributed by atoms with Gasteiger partial charge in [0.1, 0.15) is 11.6 Å². The predicted molar refractivity (Wildman–Crippen MR) is 62.2 cm³/mol. The van der Waals surface area contributed by atoms with Gasteiger partial charge in [-0.1, -0.05) is 12.1 Å². The Bertz CT molecular complexity index is 496. The molecule has 16 heavy (non-hydrogen) atoms. The molecule has 0 unspecified atom stereocenters. The standard InChI is InChI=1S/C11H12ClN3O/c1-8-13-14-11(7-12)15(8)9-5-3-4-6-10(9)16-2/h3-6H,7H2,1-2H3. The van der Waals surface area contributed by atoms with E-state index >= 15 is 0 Å². The molecule has 0 saturated carbocycles. The number of para-hydroxylation sites is 2. The molecule has 0 atom stereocenters. The van der Waals surface area contributed by atoms with Crippen LogP contribution in [-0.2, 0) is 5.88 Å². The topological polar surface area (TPSA) is 39.9 Å². The maximum Gasteiger partial charge on any atom is 0.152 e. The number of alkyl halides is 1. The second kappa shape index (κ2) is 4.53. The van der Waals surface area contributed by atoms with Gasteiger partial charge in [0, 0.05) is 0 Å². The summed E-state index contributed by atoms with van der Waals surface area (Å²) in [5.41, 5.74) is 0.906. The fraction of sp³-hybridized carbons (Fsp3) is 0.273. The van der Waals surface area contributed by atoms with E-state index in [0.29, 0.717) is 11.7 Å². The van der Waals surface area contributed by atoms with Crippen molar-refractivity contribution in [3.05, 3.63) is 35.9 Å². The molecule has 0 bridgehead atoms. The van der Waals surface area contributed by atoms with Crippen molar-refractivity contribution in [1.82, 2.24) is 14.8 Å². The molecule has 0 aliphatic heterocycles. The molecule has 0 aliphatic rings. The number of benzene rings is 1. The molecule has 0 radical (unpaired) electrons. The number of hydrogen-bond acceptors (Lipinski definition) is 3. The number of hydrogen-bond donors (Lipinski definition) is 0. The third-order valence-corrected chi connectivity index (χ3v) is 2.58. The van der Waals surface area contributed by atoms with E-state index in [9.17, 15) is 0 Å². The quantitative estimate of drug-likeness (QED) is 0.770. The van der Waals surface area contributed by atoms with Crippen molar-refractivity contribution < 1.29 is 4.74 Å². The van der Waals surface area contributed by atoms with Gasteiger partial charge in [-0.25, -0.2) is 0 Å². The Labute approximate surface area is 98.8 Å². The number of aromatic nitrogens is 3. The molecular formula is C11H12ClN3O. The molecule has 0 N–H and O–H groups in total. The Balaban J connectivity index is 2.61. The molecule has 1 aromatic carbocycles. The number of methoxy groups -OCH3 is 1. The molecule has 0 aliphatic carbocycles. The van der Waals surface area contributed by atoms with Crippen molar-refractivity contribution in [1.29, 1.82) is 0 Å². The Morgan fingerprint density at radius 1 is 1.31 bits per heavy atom. The van der Waals surface area contributed by atoms with E-state index in [1.807, 2.05) is 35.8 Å². The molecule has 1 heterocycles. The van der Waals surface area contributed by atoms with E-state index in [0.717, 1.165) is 17.3 Å². The third kappa shape index (κ3) is 1.76. The number of nitrogens with zero attached hydrogens (tertiary/aromatic N) is 3. The van der Waals surface area contributed by atoms with E-state index < -0.39 is 0 Å². The highest BCUT2D eigenvalue weighted by Crippen LogP contribution is 2.24. The minimum atomic E-state index is 0.318. The smallest absolute Gasteiger partial charge is 0.152 e. The molecule has 2 rings (SSSR count). The van der Waals surface area contributed by atoms with Crippen LogP contribution in [-0.4, -0.2) is 21.9 Å². The van der Waals surface area contributed by atoms with Crippen LogP contribution in [0.4, 0.5) is 0 Å². The lowest BCUT2D eigenvalue weighted by molar-refractivity contribution is 0.412. The van der Waals surface area contributed by atoms with Crippen LogP contribution in [0.5, 0.6) is 5.75 Å². The van der Waals surface area contributed by atoms with Crippen molar-refractivity contribution in [2.45, 2.75) is 12.8 Å². The molecule has 4 nitrogen and oxygen atoms in total. The number of aryl methyl sites for hydroxylation is 1. The summed E-state index contributed by atoms with van der Waals surface area (Å²) in [7, 11) is 1.64. The molecule has 5 heteroatoms. The minimum absolute atomic E-state index is 0.318. The summed E-state index contributed by atoms with van der Waals surface area (Å²) in [6, 6.07) is 7.70. The fourth-order valence-electron chi connectivity index (χ4n) is 1.62. The van der Waals surface area contributed by atoms with Crippen LogP contribution in [0.1, 0.15) is 11.6 Å². The van der Waals surface area contributed by atoms with Crippen molar-refractivity contribution in [3.8, 4) is 11.4 Å². The van der Waals surface area contributed by atoms with Crippen LogP contribution in [0.3, 0.4) is 0 Å². The minimum Gasteiger partial charge on any atom is -0.495 e. The van der Waals surface area contributed by atoms with Crippen molar-refractivity contribution in [3.63, 3.8) is 0 Å². The van der Waals surface area contributed by atoms with Gasteiger partial charge in [0.25, 0.3) is 0 Å². The lowest BCUT2D eigenvalue weighted by Crippen LogP contribution is -2.03. The van der Waals surface area contributed by atoms with Gasteiger partial charge in [0.05, 0.1) is 18.7 Å². The number of rotatable bonds is 3. The Kier molecular flexibility index (Phi) is 3.10. The monoisotopic (exact) mass is 237 g/mol. The molecule has 0 saturated heterocycles. The maximum absolute atomic E-state index is 5.83. The summed E-state index contributed by atoms with van der Waals surface area (Å²) in [5.74, 6) is 2.60. The highest BCUT2D eigenvalue weighted by Gasteiger charge is 2.12. The molecule has 0 amide bonds. The zero-order valence-electron chi connectivity index (χ0n) is 9.14. The summed E-state index contributed by atoms with van der Waals surface area (Å²) in [6.07, 6.45) is 0. The molecule has 0 spiro atoms. The van der Waals surface area contributed by atoms with Gasteiger partial charge in [0.2, 0.25) is 0 Å². The van der Waals surface area contributed by atoms with Gasteiger partial charge in [-0.2, -0.15) is 0 Å². The van der Waals surface area contributed by atoms with Crippen molar-refractivity contribution >= 4 is 11.6 Å². The first-order valence-corrected chi connectivity index (χ1v) is 5.41. The fourth-order valence-corrected chi connectivity index (χ4v) is 1.79. The summed E-state index contributed by atoms with van der Waals surface area (Å²) in [6.45, 7) is 1.88. The summed E-state index contributed by atoms with van der Waals surface area (Å²) in [4.78, 5) is 0. The van der Waals surface area contributed by atoms with Gasteiger partial charge in [-0.15, -0.1) is 21.8 Å². The SMILES string of the molecule is COc1ccccc1-n1c(C)nnc1CCl. The molecule has 1 aromatic heterocycles. The Morgan fingerprint density at radius 3 is 2.75 bits per heavy atom. The lowest BCUT2D eigenvalue weighted by atomic mass is 10.3. The average molecular weight is 238 g/mol. The zero-order valence-corrected chi connectivity index (χ0v) is 9.90. The first-order valence-electron chi connectivity index (χ1n) is 4.88. The van der Waals surface area contributed by atoms with E-state index in [1.165, 1.54) is 0 Å². The van der Waals surface area contributed by atoms with Crippen LogP contribution in [0, 0.1) is 6.92 Å². The predicted octanol–water partition coefficient (Wildman–Crippen LogP) is 2.32.